The Bertz CT molecular complexity index is 1020. The van der Waals surface area contributed by atoms with Crippen molar-refractivity contribution < 1.29 is 13.9 Å². The predicted octanol–water partition coefficient (Wildman–Crippen LogP) is 4.09. The zero-order valence-electron chi connectivity index (χ0n) is 15.0. The number of anilines is 1. The van der Waals surface area contributed by atoms with Crippen LogP contribution in [0.2, 0.25) is 5.02 Å². The lowest BCUT2D eigenvalue weighted by Crippen LogP contribution is -2.20. The first kappa shape index (κ1) is 18.4. The molecule has 8 heteroatoms. The standard InChI is InChI=1S/C20H18ClFN4O2/c21-14-7-8-17(16(22)11-14)23-19(27)12-28-15-5-3-4-13(10-15)20-25-24-18-6-1-2-9-26(18)20/h3-5,7-8,10-11H,1-2,6,9,12H2,(H,23,27). The number of hydrogen-bond donors (Lipinski definition) is 1. The number of ether oxygens (including phenoxy) is 1. The smallest absolute Gasteiger partial charge is 0.262 e. The van der Waals surface area contributed by atoms with Gasteiger partial charge in [0.05, 0.1) is 5.69 Å². The summed E-state index contributed by atoms with van der Waals surface area (Å²) < 4.78 is 21.5. The maximum absolute atomic E-state index is 13.8. The molecule has 2 heterocycles. The topological polar surface area (TPSA) is 69.0 Å². The van der Waals surface area contributed by atoms with Gasteiger partial charge in [-0.05, 0) is 43.2 Å². The highest BCUT2D eigenvalue weighted by Gasteiger charge is 2.17. The van der Waals surface area contributed by atoms with Gasteiger partial charge in [0.25, 0.3) is 5.91 Å². The number of rotatable bonds is 5. The summed E-state index contributed by atoms with van der Waals surface area (Å²) in [6.07, 6.45) is 3.17. The largest absolute Gasteiger partial charge is 0.484 e. The molecule has 1 N–H and O–H groups in total. The molecule has 0 bridgehead atoms. The molecule has 1 aliphatic heterocycles. The van der Waals surface area contributed by atoms with E-state index in [2.05, 4.69) is 20.1 Å². The van der Waals surface area contributed by atoms with Crippen LogP contribution >= 0.6 is 11.6 Å². The molecule has 1 aromatic heterocycles. The van der Waals surface area contributed by atoms with Crippen molar-refractivity contribution in [2.45, 2.75) is 25.8 Å². The van der Waals surface area contributed by atoms with Gasteiger partial charge in [-0.15, -0.1) is 10.2 Å². The first-order valence-corrected chi connectivity index (χ1v) is 9.38. The van der Waals surface area contributed by atoms with Gasteiger partial charge in [-0.2, -0.15) is 0 Å². The lowest BCUT2D eigenvalue weighted by Gasteiger charge is -2.15. The molecule has 144 valence electrons. The highest BCUT2D eigenvalue weighted by atomic mass is 35.5. The summed E-state index contributed by atoms with van der Waals surface area (Å²) in [6, 6.07) is 11.4. The molecule has 6 nitrogen and oxygen atoms in total. The molecule has 0 radical (unpaired) electrons. The number of nitrogens with one attached hydrogen (secondary N) is 1. The SMILES string of the molecule is O=C(COc1cccc(-c2nnc3n2CCCC3)c1)Nc1ccc(Cl)cc1F. The van der Waals surface area contributed by atoms with E-state index in [1.807, 2.05) is 18.2 Å². The predicted molar refractivity (Wildman–Crippen MR) is 104 cm³/mol. The van der Waals surface area contributed by atoms with Crippen molar-refractivity contribution in [3.63, 3.8) is 0 Å². The van der Waals surface area contributed by atoms with Gasteiger partial charge < -0.3 is 14.6 Å². The highest BCUT2D eigenvalue weighted by Crippen LogP contribution is 2.26. The third-order valence-electron chi connectivity index (χ3n) is 4.53. The van der Waals surface area contributed by atoms with Crippen LogP contribution in [0.3, 0.4) is 0 Å². The van der Waals surface area contributed by atoms with Crippen LogP contribution in [0.25, 0.3) is 11.4 Å². The number of hydrogen-bond acceptors (Lipinski definition) is 4. The van der Waals surface area contributed by atoms with E-state index < -0.39 is 11.7 Å². The zero-order chi connectivity index (χ0) is 19.5. The number of halogens is 2. The average molecular weight is 401 g/mol. The van der Waals surface area contributed by atoms with Crippen LogP contribution in [0.15, 0.2) is 42.5 Å². The fourth-order valence-electron chi connectivity index (χ4n) is 3.17. The molecule has 0 fully saturated rings. The molecule has 2 aromatic carbocycles. The Labute approximate surface area is 166 Å². The van der Waals surface area contributed by atoms with Crippen LogP contribution < -0.4 is 10.1 Å². The Kier molecular flexibility index (Phi) is 5.25. The maximum atomic E-state index is 13.8. The summed E-state index contributed by atoms with van der Waals surface area (Å²) in [5.74, 6) is 1.26. The van der Waals surface area contributed by atoms with E-state index in [0.29, 0.717) is 5.75 Å². The van der Waals surface area contributed by atoms with Crippen molar-refractivity contribution in [3.05, 3.63) is 59.1 Å². The summed E-state index contributed by atoms with van der Waals surface area (Å²) in [5, 5.41) is 11.3. The summed E-state index contributed by atoms with van der Waals surface area (Å²) >= 11 is 5.71. The normalized spacial score (nSPS) is 13.1. The number of benzene rings is 2. The van der Waals surface area contributed by atoms with Gasteiger partial charge in [-0.3, -0.25) is 4.79 Å². The number of nitrogens with zero attached hydrogens (tertiary/aromatic N) is 3. The molecular weight excluding hydrogens is 383 g/mol. The Morgan fingerprint density at radius 2 is 2.11 bits per heavy atom. The van der Waals surface area contributed by atoms with Gasteiger partial charge in [0.15, 0.2) is 12.4 Å². The molecule has 4 rings (SSSR count). The van der Waals surface area contributed by atoms with E-state index in [1.165, 1.54) is 12.1 Å². The van der Waals surface area contributed by atoms with Gasteiger partial charge in [0.2, 0.25) is 0 Å². The Morgan fingerprint density at radius 1 is 1.21 bits per heavy atom. The highest BCUT2D eigenvalue weighted by molar-refractivity contribution is 6.30. The van der Waals surface area contributed by atoms with Crippen LogP contribution in [0.4, 0.5) is 10.1 Å². The molecule has 3 aromatic rings. The van der Waals surface area contributed by atoms with Crippen LogP contribution in [0.1, 0.15) is 18.7 Å². The molecule has 0 saturated carbocycles. The van der Waals surface area contributed by atoms with Gasteiger partial charge >= 0.3 is 0 Å². The molecule has 0 atom stereocenters. The molecule has 28 heavy (non-hydrogen) atoms. The first-order chi connectivity index (χ1) is 13.6. The Balaban J connectivity index is 1.42. The lowest BCUT2D eigenvalue weighted by atomic mass is 10.1. The first-order valence-electron chi connectivity index (χ1n) is 9.00. The zero-order valence-corrected chi connectivity index (χ0v) is 15.7. The van der Waals surface area contributed by atoms with Crippen molar-refractivity contribution in [2.75, 3.05) is 11.9 Å². The van der Waals surface area contributed by atoms with Crippen molar-refractivity contribution in [2.24, 2.45) is 0 Å². The second-order valence-corrected chi connectivity index (χ2v) is 6.97. The summed E-state index contributed by atoms with van der Waals surface area (Å²) in [6.45, 7) is 0.654. The van der Waals surface area contributed by atoms with E-state index in [4.69, 9.17) is 16.3 Å². The van der Waals surface area contributed by atoms with E-state index >= 15 is 0 Å². The number of carbonyl (C=O) groups is 1. The second-order valence-electron chi connectivity index (χ2n) is 6.54. The van der Waals surface area contributed by atoms with Gasteiger partial charge in [-0.1, -0.05) is 23.7 Å². The minimum Gasteiger partial charge on any atom is -0.484 e. The molecule has 0 unspecified atom stereocenters. The van der Waals surface area contributed by atoms with E-state index in [9.17, 15) is 9.18 Å². The number of aromatic nitrogens is 3. The van der Waals surface area contributed by atoms with E-state index in [0.717, 1.165) is 49.1 Å². The number of fused-ring (bicyclic) bond motifs is 1. The average Bonchev–Trinajstić information content (AvgIpc) is 3.13. The van der Waals surface area contributed by atoms with Gasteiger partial charge in [0, 0.05) is 23.6 Å². The Hall–Kier alpha value is -2.93. The van der Waals surface area contributed by atoms with Crippen LogP contribution in [-0.2, 0) is 17.8 Å². The molecule has 0 saturated heterocycles. The maximum Gasteiger partial charge on any atom is 0.262 e. The summed E-state index contributed by atoms with van der Waals surface area (Å²) in [7, 11) is 0. The lowest BCUT2D eigenvalue weighted by molar-refractivity contribution is -0.118. The minimum atomic E-state index is -0.598. The monoisotopic (exact) mass is 400 g/mol. The number of amides is 1. The summed E-state index contributed by atoms with van der Waals surface area (Å²) in [4.78, 5) is 12.1. The quantitative estimate of drug-likeness (QED) is 0.700. The van der Waals surface area contributed by atoms with Crippen LogP contribution in [0.5, 0.6) is 5.75 Å². The number of aryl methyl sites for hydroxylation is 1. The van der Waals surface area contributed by atoms with Crippen molar-refractivity contribution in [1.82, 2.24) is 14.8 Å². The fourth-order valence-corrected chi connectivity index (χ4v) is 3.33. The van der Waals surface area contributed by atoms with Crippen LogP contribution in [-0.4, -0.2) is 27.3 Å². The van der Waals surface area contributed by atoms with Gasteiger partial charge in [0.1, 0.15) is 17.4 Å². The molecule has 1 aliphatic rings. The number of carbonyl (C=O) groups excluding carboxylic acids is 1. The van der Waals surface area contributed by atoms with Crippen LogP contribution in [0, 0.1) is 5.82 Å². The minimum absolute atomic E-state index is 0.0573. The van der Waals surface area contributed by atoms with E-state index in [-0.39, 0.29) is 17.3 Å². The van der Waals surface area contributed by atoms with Crippen molar-refractivity contribution in [1.29, 1.82) is 0 Å². The van der Waals surface area contributed by atoms with Gasteiger partial charge in [-0.25, -0.2) is 4.39 Å². The molecule has 0 aliphatic carbocycles. The fraction of sp³-hybridized carbons (Fsp3) is 0.250. The third kappa shape index (κ3) is 3.99. The Morgan fingerprint density at radius 3 is 2.96 bits per heavy atom. The summed E-state index contributed by atoms with van der Waals surface area (Å²) in [5.41, 5.74) is 0.934. The van der Waals surface area contributed by atoms with E-state index in [1.54, 1.807) is 6.07 Å². The third-order valence-corrected chi connectivity index (χ3v) is 4.76. The second kappa shape index (κ2) is 7.98. The molecular formula is C20H18ClFN4O2. The molecule has 0 spiro atoms. The van der Waals surface area contributed by atoms with Crippen molar-refractivity contribution >= 4 is 23.2 Å². The van der Waals surface area contributed by atoms with Crippen molar-refractivity contribution in [3.8, 4) is 17.1 Å². The molecule has 1 amide bonds.